The molecule has 0 aliphatic rings. The Balaban J connectivity index is 2.56. The number of carbonyl (C=O) groups is 2. The molecule has 0 aromatic heterocycles. The van der Waals surface area contributed by atoms with E-state index >= 15 is 0 Å². The molecule has 5 nitrogen and oxygen atoms in total. The van der Waals surface area contributed by atoms with Crippen LogP contribution in [0.25, 0.3) is 0 Å². The smallest absolute Gasteiger partial charge is 0.269 e. The summed E-state index contributed by atoms with van der Waals surface area (Å²) in [4.78, 5) is 23.1. The highest BCUT2D eigenvalue weighted by Gasteiger charge is 2.21. The van der Waals surface area contributed by atoms with E-state index in [4.69, 9.17) is 5.11 Å². The third kappa shape index (κ3) is 3.79. The second-order valence-corrected chi connectivity index (χ2v) is 4.71. The Morgan fingerprint density at radius 3 is 2.06 bits per heavy atom. The number of rotatable bonds is 1. The summed E-state index contributed by atoms with van der Waals surface area (Å²) < 4.78 is 0. The zero-order chi connectivity index (χ0) is 13.1. The quantitative estimate of drug-likeness (QED) is 0.641. The van der Waals surface area contributed by atoms with Crippen LogP contribution in [0.3, 0.4) is 0 Å². The number of nitrogens with one attached hydrogen (secondary N) is 2. The lowest BCUT2D eigenvalue weighted by molar-refractivity contribution is -0.129. The van der Waals surface area contributed by atoms with E-state index in [1.807, 2.05) is 0 Å². The van der Waals surface area contributed by atoms with Crippen molar-refractivity contribution in [3.63, 3.8) is 0 Å². The minimum Gasteiger partial charge on any atom is -0.508 e. The van der Waals surface area contributed by atoms with Gasteiger partial charge in [0.25, 0.3) is 5.91 Å². The van der Waals surface area contributed by atoms with E-state index in [2.05, 4.69) is 10.9 Å². The molecule has 1 aromatic carbocycles. The first kappa shape index (κ1) is 13.0. The molecule has 0 aliphatic carbocycles. The number of phenols is 1. The molecule has 0 aliphatic heterocycles. The normalized spacial score (nSPS) is 10.8. The van der Waals surface area contributed by atoms with Gasteiger partial charge in [0.05, 0.1) is 0 Å². The largest absolute Gasteiger partial charge is 0.508 e. The topological polar surface area (TPSA) is 78.4 Å². The number of carbonyl (C=O) groups excluding carboxylic acids is 2. The van der Waals surface area contributed by atoms with Crippen molar-refractivity contribution in [3.8, 4) is 5.75 Å². The molecule has 5 heteroatoms. The van der Waals surface area contributed by atoms with E-state index < -0.39 is 11.3 Å². The van der Waals surface area contributed by atoms with Crippen molar-refractivity contribution < 1.29 is 14.7 Å². The van der Waals surface area contributed by atoms with E-state index in [0.717, 1.165) is 0 Å². The van der Waals surface area contributed by atoms with Crippen LogP contribution < -0.4 is 10.9 Å². The Kier molecular flexibility index (Phi) is 3.73. The van der Waals surface area contributed by atoms with Crippen LogP contribution in [0.4, 0.5) is 0 Å². The summed E-state index contributed by atoms with van der Waals surface area (Å²) >= 11 is 0. The van der Waals surface area contributed by atoms with Crippen molar-refractivity contribution in [2.75, 3.05) is 0 Å². The monoisotopic (exact) mass is 236 g/mol. The lowest BCUT2D eigenvalue weighted by Crippen LogP contribution is -2.46. The highest BCUT2D eigenvalue weighted by Crippen LogP contribution is 2.12. The van der Waals surface area contributed by atoms with Crippen molar-refractivity contribution in [3.05, 3.63) is 29.8 Å². The summed E-state index contributed by atoms with van der Waals surface area (Å²) in [6, 6.07) is 5.74. The average Bonchev–Trinajstić information content (AvgIpc) is 2.25. The molecule has 3 N–H and O–H groups in total. The summed E-state index contributed by atoms with van der Waals surface area (Å²) in [6.07, 6.45) is 0. The van der Waals surface area contributed by atoms with E-state index in [1.165, 1.54) is 24.3 Å². The molecular formula is C12H16N2O3. The van der Waals surface area contributed by atoms with Crippen LogP contribution in [0.2, 0.25) is 0 Å². The Hall–Kier alpha value is -2.04. The molecule has 92 valence electrons. The van der Waals surface area contributed by atoms with Crippen LogP contribution >= 0.6 is 0 Å². The summed E-state index contributed by atoms with van der Waals surface area (Å²) in [5.74, 6) is -0.618. The summed E-state index contributed by atoms with van der Waals surface area (Å²) in [5.41, 5.74) is 4.43. The van der Waals surface area contributed by atoms with Crippen LogP contribution in [0, 0.1) is 5.41 Å². The predicted octanol–water partition coefficient (Wildman–Crippen LogP) is 1.20. The van der Waals surface area contributed by atoms with Gasteiger partial charge >= 0.3 is 0 Å². The molecule has 2 amide bonds. The third-order valence-corrected chi connectivity index (χ3v) is 2.10. The molecule has 0 unspecified atom stereocenters. The van der Waals surface area contributed by atoms with Gasteiger partial charge in [-0.1, -0.05) is 20.8 Å². The van der Waals surface area contributed by atoms with Crippen LogP contribution in [0.5, 0.6) is 5.75 Å². The van der Waals surface area contributed by atoms with Crippen LogP contribution in [0.1, 0.15) is 31.1 Å². The fourth-order valence-electron chi connectivity index (χ4n) is 0.986. The van der Waals surface area contributed by atoms with E-state index in [0.29, 0.717) is 5.56 Å². The zero-order valence-corrected chi connectivity index (χ0v) is 10.1. The highest BCUT2D eigenvalue weighted by atomic mass is 16.3. The lowest BCUT2D eigenvalue weighted by Gasteiger charge is -2.17. The molecule has 0 spiro atoms. The van der Waals surface area contributed by atoms with Crippen molar-refractivity contribution >= 4 is 11.8 Å². The van der Waals surface area contributed by atoms with Crippen LogP contribution in [-0.4, -0.2) is 16.9 Å². The minimum atomic E-state index is -0.567. The fourth-order valence-corrected chi connectivity index (χ4v) is 0.986. The van der Waals surface area contributed by atoms with Gasteiger partial charge in [-0.15, -0.1) is 0 Å². The molecule has 0 saturated heterocycles. The average molecular weight is 236 g/mol. The number of amides is 2. The molecule has 0 bridgehead atoms. The Bertz CT molecular complexity index is 418. The first-order valence-electron chi connectivity index (χ1n) is 5.20. The van der Waals surface area contributed by atoms with Gasteiger partial charge in [0.15, 0.2) is 0 Å². The molecule has 17 heavy (non-hydrogen) atoms. The van der Waals surface area contributed by atoms with Gasteiger partial charge < -0.3 is 5.11 Å². The standard InChI is InChI=1S/C12H16N2O3/c1-12(2,3)11(17)14-13-10(16)8-4-6-9(15)7-5-8/h4-7,15H,1-3H3,(H,13,16)(H,14,17). The number of hydrogen-bond acceptors (Lipinski definition) is 3. The Morgan fingerprint density at radius 2 is 1.59 bits per heavy atom. The van der Waals surface area contributed by atoms with Gasteiger partial charge in [-0.2, -0.15) is 0 Å². The van der Waals surface area contributed by atoms with E-state index in [1.54, 1.807) is 20.8 Å². The van der Waals surface area contributed by atoms with E-state index in [-0.39, 0.29) is 11.7 Å². The molecular weight excluding hydrogens is 220 g/mol. The second kappa shape index (κ2) is 4.86. The minimum absolute atomic E-state index is 0.0836. The van der Waals surface area contributed by atoms with Gasteiger partial charge in [-0.05, 0) is 24.3 Å². The number of benzene rings is 1. The van der Waals surface area contributed by atoms with Crippen molar-refractivity contribution in [1.29, 1.82) is 0 Å². The maximum Gasteiger partial charge on any atom is 0.269 e. The van der Waals surface area contributed by atoms with Crippen molar-refractivity contribution in [2.24, 2.45) is 5.41 Å². The maximum absolute atomic E-state index is 11.6. The summed E-state index contributed by atoms with van der Waals surface area (Å²) in [6.45, 7) is 5.24. The molecule has 1 aromatic rings. The van der Waals surface area contributed by atoms with Crippen molar-refractivity contribution in [2.45, 2.75) is 20.8 Å². The van der Waals surface area contributed by atoms with Crippen molar-refractivity contribution in [1.82, 2.24) is 10.9 Å². The van der Waals surface area contributed by atoms with E-state index in [9.17, 15) is 9.59 Å². The van der Waals surface area contributed by atoms with Crippen LogP contribution in [0.15, 0.2) is 24.3 Å². The van der Waals surface area contributed by atoms with Gasteiger partial charge in [-0.3, -0.25) is 20.4 Å². The highest BCUT2D eigenvalue weighted by molar-refractivity contribution is 5.95. The fraction of sp³-hybridized carbons (Fsp3) is 0.333. The first-order chi connectivity index (χ1) is 7.80. The molecule has 0 atom stereocenters. The van der Waals surface area contributed by atoms with Gasteiger partial charge in [0.1, 0.15) is 5.75 Å². The van der Waals surface area contributed by atoms with Gasteiger partial charge in [-0.25, -0.2) is 0 Å². The molecule has 0 saturated carbocycles. The number of aromatic hydroxyl groups is 1. The number of hydrogen-bond donors (Lipinski definition) is 3. The Labute approximate surface area is 99.8 Å². The number of phenolic OH excluding ortho intramolecular Hbond substituents is 1. The SMILES string of the molecule is CC(C)(C)C(=O)NNC(=O)c1ccc(O)cc1. The van der Waals surface area contributed by atoms with Gasteiger partial charge in [0, 0.05) is 11.0 Å². The van der Waals surface area contributed by atoms with Crippen LogP contribution in [-0.2, 0) is 4.79 Å². The molecule has 0 fully saturated rings. The second-order valence-electron chi connectivity index (χ2n) is 4.71. The maximum atomic E-state index is 11.6. The number of hydrazine groups is 1. The predicted molar refractivity (Wildman–Crippen MR) is 63.2 cm³/mol. The molecule has 1 rings (SSSR count). The summed E-state index contributed by atoms with van der Waals surface area (Å²) in [7, 11) is 0. The third-order valence-electron chi connectivity index (χ3n) is 2.10. The molecule has 0 radical (unpaired) electrons. The first-order valence-corrected chi connectivity index (χ1v) is 5.20. The Morgan fingerprint density at radius 1 is 1.06 bits per heavy atom. The lowest BCUT2D eigenvalue weighted by atomic mass is 9.96. The summed E-state index contributed by atoms with van der Waals surface area (Å²) in [5, 5.41) is 9.06. The van der Waals surface area contributed by atoms with Gasteiger partial charge in [0.2, 0.25) is 5.91 Å². The zero-order valence-electron chi connectivity index (χ0n) is 10.1. The molecule has 0 heterocycles.